The second-order valence-corrected chi connectivity index (χ2v) is 9.81. The van der Waals surface area contributed by atoms with Gasteiger partial charge in [-0.1, -0.05) is 24.3 Å². The monoisotopic (exact) mass is 480 g/mol. The highest BCUT2D eigenvalue weighted by atomic mass is 32.2. The first-order valence-electron chi connectivity index (χ1n) is 10.2. The summed E-state index contributed by atoms with van der Waals surface area (Å²) in [4.78, 5) is 25.0. The van der Waals surface area contributed by atoms with Crippen molar-refractivity contribution < 1.29 is 22.7 Å². The number of nitrogens with one attached hydrogen (secondary N) is 1. The van der Waals surface area contributed by atoms with Crippen molar-refractivity contribution in [1.82, 2.24) is 8.87 Å². The molecule has 0 fully saturated rings. The molecule has 1 aromatic heterocycles. The highest BCUT2D eigenvalue weighted by Crippen LogP contribution is 2.29. The first-order valence-corrected chi connectivity index (χ1v) is 11.7. The van der Waals surface area contributed by atoms with Gasteiger partial charge in [-0.25, -0.2) is 17.5 Å². The zero-order valence-electron chi connectivity index (χ0n) is 19.2. The van der Waals surface area contributed by atoms with Crippen LogP contribution in [0.4, 0.5) is 5.82 Å². The van der Waals surface area contributed by atoms with Crippen LogP contribution in [0.1, 0.15) is 27.2 Å². The van der Waals surface area contributed by atoms with E-state index in [0.29, 0.717) is 5.56 Å². The number of nitrogens with zero attached hydrogens (tertiary/aromatic N) is 3. The van der Waals surface area contributed by atoms with E-state index in [2.05, 4.69) is 11.4 Å². The highest BCUT2D eigenvalue weighted by Gasteiger charge is 2.22. The van der Waals surface area contributed by atoms with E-state index in [1.807, 2.05) is 37.3 Å². The molecule has 34 heavy (non-hydrogen) atoms. The largest absolute Gasteiger partial charge is 0.452 e. The van der Waals surface area contributed by atoms with Crippen molar-refractivity contribution in [2.45, 2.75) is 18.7 Å². The Morgan fingerprint density at radius 1 is 1.09 bits per heavy atom. The van der Waals surface area contributed by atoms with E-state index in [1.165, 1.54) is 38.4 Å². The number of sulfonamides is 1. The number of amides is 1. The molecule has 3 aromatic rings. The molecule has 0 aliphatic heterocycles. The molecule has 0 aliphatic carbocycles. The Balaban J connectivity index is 1.79. The Morgan fingerprint density at radius 2 is 1.76 bits per heavy atom. The van der Waals surface area contributed by atoms with E-state index in [4.69, 9.17) is 4.74 Å². The number of nitriles is 1. The normalized spacial score (nSPS) is 11.2. The summed E-state index contributed by atoms with van der Waals surface area (Å²) in [5, 5.41) is 12.3. The minimum Gasteiger partial charge on any atom is -0.452 e. The van der Waals surface area contributed by atoms with Crippen molar-refractivity contribution in [3.63, 3.8) is 0 Å². The highest BCUT2D eigenvalue weighted by molar-refractivity contribution is 7.89. The van der Waals surface area contributed by atoms with E-state index < -0.39 is 28.5 Å². The van der Waals surface area contributed by atoms with Crippen LogP contribution in [0.15, 0.2) is 59.5 Å². The minimum atomic E-state index is -3.73. The number of esters is 1. The second-order valence-electron chi connectivity index (χ2n) is 7.66. The SMILES string of the molecule is Cc1c(C#N)c(NC(=O)COC(=O)c2cccc(S(=O)(=O)N(C)C)c2)n(-c2ccccc2)c1C. The number of aromatic nitrogens is 1. The van der Waals surface area contributed by atoms with Crippen molar-refractivity contribution in [2.75, 3.05) is 26.0 Å². The van der Waals surface area contributed by atoms with Gasteiger partial charge in [0.05, 0.1) is 16.0 Å². The summed E-state index contributed by atoms with van der Waals surface area (Å²) in [7, 11) is -0.965. The Kier molecular flexibility index (Phi) is 7.20. The van der Waals surface area contributed by atoms with Crippen LogP contribution in [0.2, 0.25) is 0 Å². The number of benzene rings is 2. The summed E-state index contributed by atoms with van der Waals surface area (Å²) in [5.41, 5.74) is 2.57. The van der Waals surface area contributed by atoms with Crippen molar-refractivity contribution in [3.05, 3.63) is 77.0 Å². The van der Waals surface area contributed by atoms with Gasteiger partial charge in [0.25, 0.3) is 5.91 Å². The molecule has 1 heterocycles. The minimum absolute atomic E-state index is 0.00668. The van der Waals surface area contributed by atoms with Crippen LogP contribution < -0.4 is 5.32 Å². The molecule has 1 amide bonds. The predicted molar refractivity (Wildman–Crippen MR) is 126 cm³/mol. The Bertz CT molecular complexity index is 1390. The second kappa shape index (κ2) is 9.91. The summed E-state index contributed by atoms with van der Waals surface area (Å²) < 4.78 is 32.5. The molecule has 0 atom stereocenters. The van der Waals surface area contributed by atoms with Crippen LogP contribution in [0.3, 0.4) is 0 Å². The van der Waals surface area contributed by atoms with Gasteiger partial charge in [-0.15, -0.1) is 0 Å². The average molecular weight is 481 g/mol. The van der Waals surface area contributed by atoms with E-state index in [-0.39, 0.29) is 16.3 Å². The quantitative estimate of drug-likeness (QED) is 0.519. The molecular weight excluding hydrogens is 456 g/mol. The van der Waals surface area contributed by atoms with Crippen molar-refractivity contribution in [2.24, 2.45) is 0 Å². The van der Waals surface area contributed by atoms with Gasteiger partial charge in [-0.3, -0.25) is 9.36 Å². The molecule has 0 radical (unpaired) electrons. The fraction of sp³-hybridized carbons (Fsp3) is 0.208. The summed E-state index contributed by atoms with van der Waals surface area (Å²) in [6.45, 7) is 3.01. The molecule has 0 spiro atoms. The lowest BCUT2D eigenvalue weighted by atomic mass is 10.2. The third kappa shape index (κ3) is 4.85. The van der Waals surface area contributed by atoms with Gasteiger partial charge in [0.15, 0.2) is 6.61 Å². The van der Waals surface area contributed by atoms with Gasteiger partial charge < -0.3 is 10.1 Å². The molecule has 0 bridgehead atoms. The molecular formula is C24H24N4O5S. The van der Waals surface area contributed by atoms with Crippen LogP contribution >= 0.6 is 0 Å². The van der Waals surface area contributed by atoms with E-state index >= 15 is 0 Å². The third-order valence-electron chi connectivity index (χ3n) is 5.28. The zero-order chi connectivity index (χ0) is 25.0. The lowest BCUT2D eigenvalue weighted by Crippen LogP contribution is -2.24. The van der Waals surface area contributed by atoms with E-state index in [0.717, 1.165) is 21.2 Å². The Morgan fingerprint density at radius 3 is 2.38 bits per heavy atom. The van der Waals surface area contributed by atoms with Crippen LogP contribution in [0.5, 0.6) is 0 Å². The third-order valence-corrected chi connectivity index (χ3v) is 7.09. The van der Waals surface area contributed by atoms with Gasteiger partial charge in [-0.2, -0.15) is 5.26 Å². The lowest BCUT2D eigenvalue weighted by molar-refractivity contribution is -0.119. The predicted octanol–water partition coefficient (Wildman–Crippen LogP) is 3.01. The number of carbonyl (C=O) groups is 2. The van der Waals surface area contributed by atoms with Crippen LogP contribution in [-0.2, 0) is 19.6 Å². The lowest BCUT2D eigenvalue weighted by Gasteiger charge is -2.14. The first kappa shape index (κ1) is 24.7. The van der Waals surface area contributed by atoms with Crippen LogP contribution in [0, 0.1) is 25.2 Å². The van der Waals surface area contributed by atoms with Crippen molar-refractivity contribution in [3.8, 4) is 11.8 Å². The molecule has 2 aromatic carbocycles. The maximum absolute atomic E-state index is 12.6. The summed E-state index contributed by atoms with van der Waals surface area (Å²) in [5.74, 6) is -1.21. The fourth-order valence-electron chi connectivity index (χ4n) is 3.34. The molecule has 0 unspecified atom stereocenters. The number of carbonyl (C=O) groups excluding carboxylic acids is 2. The zero-order valence-corrected chi connectivity index (χ0v) is 20.0. The van der Waals surface area contributed by atoms with E-state index in [9.17, 15) is 23.3 Å². The molecule has 0 aliphatic rings. The molecule has 0 saturated heterocycles. The Labute approximate surface area is 198 Å². The molecule has 1 N–H and O–H groups in total. The van der Waals surface area contributed by atoms with Crippen LogP contribution in [0.25, 0.3) is 5.69 Å². The topological polar surface area (TPSA) is 121 Å². The van der Waals surface area contributed by atoms with E-state index in [1.54, 1.807) is 11.5 Å². The van der Waals surface area contributed by atoms with Gasteiger partial charge in [0.1, 0.15) is 11.9 Å². The average Bonchev–Trinajstić information content (AvgIpc) is 3.06. The number of hydrogen-bond acceptors (Lipinski definition) is 6. The van der Waals surface area contributed by atoms with Gasteiger partial charge in [0, 0.05) is 25.5 Å². The fourth-order valence-corrected chi connectivity index (χ4v) is 4.29. The standard InChI is InChI=1S/C24H24N4O5S/c1-16-17(2)28(19-10-6-5-7-11-19)23(21(16)14-25)26-22(29)15-33-24(30)18-9-8-12-20(13-18)34(31,32)27(3)4/h5-13H,15H2,1-4H3,(H,26,29). The molecule has 0 saturated carbocycles. The first-order chi connectivity index (χ1) is 16.1. The summed E-state index contributed by atoms with van der Waals surface area (Å²) in [6.07, 6.45) is 0. The van der Waals surface area contributed by atoms with Crippen molar-refractivity contribution in [1.29, 1.82) is 5.26 Å². The summed E-state index contributed by atoms with van der Waals surface area (Å²) in [6, 6.07) is 16.7. The van der Waals surface area contributed by atoms with Crippen molar-refractivity contribution >= 4 is 27.7 Å². The maximum atomic E-state index is 12.6. The maximum Gasteiger partial charge on any atom is 0.338 e. The number of hydrogen-bond donors (Lipinski definition) is 1. The molecule has 10 heteroatoms. The van der Waals surface area contributed by atoms with Gasteiger partial charge in [0.2, 0.25) is 10.0 Å². The molecule has 176 valence electrons. The number of ether oxygens (including phenoxy) is 1. The van der Waals surface area contributed by atoms with Gasteiger partial charge in [-0.05, 0) is 49.7 Å². The van der Waals surface area contributed by atoms with Crippen LogP contribution in [-0.4, -0.2) is 49.9 Å². The molecule has 3 rings (SSSR count). The smallest absolute Gasteiger partial charge is 0.338 e. The molecule has 9 nitrogen and oxygen atoms in total. The number of rotatable bonds is 7. The summed E-state index contributed by atoms with van der Waals surface area (Å²) >= 11 is 0. The number of para-hydroxylation sites is 1. The van der Waals surface area contributed by atoms with Gasteiger partial charge >= 0.3 is 5.97 Å². The Hall–Kier alpha value is -3.94. The number of anilines is 1.